The molecule has 0 saturated heterocycles. The fourth-order valence-electron chi connectivity index (χ4n) is 3.70. The van der Waals surface area contributed by atoms with Gasteiger partial charge in [0, 0.05) is 6.92 Å². The van der Waals surface area contributed by atoms with Gasteiger partial charge in [-0.05, 0) is 51.7 Å². The molecule has 0 aromatic carbocycles. The minimum absolute atomic E-state index is 0.101. The molecule has 0 heterocycles. The van der Waals surface area contributed by atoms with Crippen LogP contribution in [0.15, 0.2) is 11.1 Å². The number of ether oxygens (including phenoxy) is 3. The van der Waals surface area contributed by atoms with Crippen LogP contribution in [0.25, 0.3) is 0 Å². The van der Waals surface area contributed by atoms with E-state index in [1.165, 1.54) is 13.8 Å². The van der Waals surface area contributed by atoms with Crippen molar-refractivity contribution < 1.29 is 43.6 Å². The van der Waals surface area contributed by atoms with Crippen LogP contribution in [-0.2, 0) is 33.4 Å². The summed E-state index contributed by atoms with van der Waals surface area (Å²) < 4.78 is 16.2. The zero-order chi connectivity index (χ0) is 23.0. The van der Waals surface area contributed by atoms with E-state index < -0.39 is 65.3 Å². The number of rotatable bonds is 4. The molecule has 0 bridgehead atoms. The average Bonchev–Trinajstić information content (AvgIpc) is 2.77. The summed E-state index contributed by atoms with van der Waals surface area (Å²) in [6, 6.07) is 0. The Morgan fingerprint density at radius 2 is 1.70 bits per heavy atom. The molecule has 2 aliphatic carbocycles. The normalized spacial score (nSPS) is 30.3. The van der Waals surface area contributed by atoms with Crippen LogP contribution in [0.4, 0.5) is 0 Å². The van der Waals surface area contributed by atoms with Gasteiger partial charge in [-0.2, -0.15) is 0 Å². The first-order chi connectivity index (χ1) is 13.8. The van der Waals surface area contributed by atoms with Gasteiger partial charge in [0.15, 0.2) is 17.7 Å². The lowest BCUT2D eigenvalue weighted by molar-refractivity contribution is -0.169. The van der Waals surface area contributed by atoms with Crippen LogP contribution in [0.3, 0.4) is 0 Å². The maximum Gasteiger partial charge on any atom is 0.339 e. The molecule has 2 aliphatic rings. The molecular weight excluding hydrogens is 415 g/mol. The quantitative estimate of drug-likeness (QED) is 0.364. The Hall–Kier alpha value is -1.83. The molecule has 10 heteroatoms. The summed E-state index contributed by atoms with van der Waals surface area (Å²) >= 11 is 0. The molecule has 2 N–H and O–H groups in total. The fourth-order valence-corrected chi connectivity index (χ4v) is 3.78. The van der Waals surface area contributed by atoms with Crippen molar-refractivity contribution in [3.8, 4) is 0 Å². The van der Waals surface area contributed by atoms with Crippen LogP contribution in [0, 0.1) is 11.3 Å². The number of carbonyl (C=O) groups excluding carboxylic acids is 4. The van der Waals surface area contributed by atoms with Crippen LogP contribution >= 0.6 is 9.24 Å². The molecule has 9 nitrogen and oxygen atoms in total. The molecule has 1 fully saturated rings. The molecule has 0 aliphatic heterocycles. The molecule has 0 aromatic rings. The lowest BCUT2D eigenvalue weighted by Gasteiger charge is -2.31. The summed E-state index contributed by atoms with van der Waals surface area (Å²) in [5, 5.41) is 20.1. The molecule has 168 valence electrons. The predicted molar refractivity (Wildman–Crippen MR) is 107 cm³/mol. The summed E-state index contributed by atoms with van der Waals surface area (Å²) in [6.45, 7) is 7.62. The predicted octanol–water partition coefficient (Wildman–Crippen LogP) is 0.651. The third-order valence-electron chi connectivity index (χ3n) is 5.20. The molecule has 0 amide bonds. The second-order valence-corrected chi connectivity index (χ2v) is 9.27. The number of esters is 3. The second kappa shape index (κ2) is 9.12. The van der Waals surface area contributed by atoms with Crippen molar-refractivity contribution in [1.29, 1.82) is 0 Å². The van der Waals surface area contributed by atoms with Gasteiger partial charge < -0.3 is 24.4 Å². The Bertz CT molecular complexity index is 765. The third kappa shape index (κ3) is 5.07. The van der Waals surface area contributed by atoms with Crippen LogP contribution in [0.1, 0.15) is 47.5 Å². The van der Waals surface area contributed by atoms with Gasteiger partial charge in [-0.25, -0.2) is 4.79 Å². The highest BCUT2D eigenvalue weighted by molar-refractivity contribution is 7.19. The smallest absolute Gasteiger partial charge is 0.339 e. The van der Waals surface area contributed by atoms with E-state index in [-0.39, 0.29) is 24.0 Å². The molecule has 0 spiro atoms. The number of Topliss-reactive ketones (excluding diaryl/α,β-unsaturated/α-hetero) is 1. The molecule has 1 saturated carbocycles. The SMILES string of the molecule is CC(=O)OC1CCC(O)C(OC(=O)C(O)P)C2=C(C)C(=O)C(OC(=O)C(C)(C)C)C21. The molecule has 0 radical (unpaired) electrons. The topological polar surface area (TPSA) is 136 Å². The van der Waals surface area contributed by atoms with E-state index in [1.807, 2.05) is 9.24 Å². The fraction of sp³-hybridized carbons (Fsp3) is 0.700. The molecule has 7 unspecified atom stereocenters. The van der Waals surface area contributed by atoms with Crippen molar-refractivity contribution >= 4 is 32.9 Å². The maximum absolute atomic E-state index is 13.0. The Kier molecular flexibility index (Phi) is 7.43. The van der Waals surface area contributed by atoms with E-state index >= 15 is 0 Å². The van der Waals surface area contributed by atoms with Crippen molar-refractivity contribution in [2.45, 2.75) is 77.7 Å². The van der Waals surface area contributed by atoms with E-state index in [1.54, 1.807) is 20.8 Å². The Labute approximate surface area is 177 Å². The monoisotopic (exact) mass is 444 g/mol. The first-order valence-corrected chi connectivity index (χ1v) is 10.4. The van der Waals surface area contributed by atoms with Crippen molar-refractivity contribution in [1.82, 2.24) is 0 Å². The second-order valence-electron chi connectivity index (χ2n) is 8.64. The van der Waals surface area contributed by atoms with Gasteiger partial charge in [0.25, 0.3) is 0 Å². The summed E-state index contributed by atoms with van der Waals surface area (Å²) in [6.07, 6.45) is -4.32. The van der Waals surface area contributed by atoms with Gasteiger partial charge in [0.2, 0.25) is 0 Å². The standard InChI is InChI=1S/C20H29O9P/c1-8-12-13(16(14(8)23)29-19(26)20(3,4)5)11(27-9(2)21)7-6-10(22)15(12)28-17(24)18(25)30/h10-11,13,15-16,18,22,25H,6-7,30H2,1-5H3. The molecule has 0 aromatic heterocycles. The van der Waals surface area contributed by atoms with Gasteiger partial charge >= 0.3 is 17.9 Å². The highest BCUT2D eigenvalue weighted by Gasteiger charge is 2.54. The number of hydrogen-bond acceptors (Lipinski definition) is 9. The van der Waals surface area contributed by atoms with Crippen LogP contribution in [0.5, 0.6) is 0 Å². The molecule has 30 heavy (non-hydrogen) atoms. The summed E-state index contributed by atoms with van der Waals surface area (Å²) in [5.41, 5.74) is -0.476. The largest absolute Gasteiger partial charge is 0.462 e. The van der Waals surface area contributed by atoms with Gasteiger partial charge in [-0.15, -0.1) is 0 Å². The Balaban J connectivity index is 2.52. The van der Waals surface area contributed by atoms with Crippen molar-refractivity contribution in [2.75, 3.05) is 0 Å². The van der Waals surface area contributed by atoms with Crippen LogP contribution in [0.2, 0.25) is 0 Å². The Morgan fingerprint density at radius 1 is 1.10 bits per heavy atom. The Morgan fingerprint density at radius 3 is 2.20 bits per heavy atom. The zero-order valence-electron chi connectivity index (χ0n) is 17.7. The summed E-state index contributed by atoms with van der Waals surface area (Å²) in [4.78, 5) is 49.2. The van der Waals surface area contributed by atoms with Crippen LogP contribution in [-0.4, -0.2) is 64.2 Å². The number of carbonyl (C=O) groups is 4. The molecule has 7 atom stereocenters. The number of ketones is 1. The van der Waals surface area contributed by atoms with E-state index in [0.29, 0.717) is 0 Å². The van der Waals surface area contributed by atoms with Gasteiger partial charge in [0.1, 0.15) is 12.2 Å². The number of hydrogen-bond donors (Lipinski definition) is 2. The van der Waals surface area contributed by atoms with Crippen molar-refractivity contribution in [3.05, 3.63) is 11.1 Å². The van der Waals surface area contributed by atoms with Gasteiger partial charge in [-0.1, -0.05) is 9.24 Å². The number of aliphatic hydroxyl groups is 2. The van der Waals surface area contributed by atoms with Gasteiger partial charge in [0.05, 0.1) is 17.4 Å². The lowest BCUT2D eigenvalue weighted by atomic mass is 9.89. The van der Waals surface area contributed by atoms with E-state index in [2.05, 4.69) is 0 Å². The highest BCUT2D eigenvalue weighted by atomic mass is 31.0. The van der Waals surface area contributed by atoms with Gasteiger partial charge in [-0.3, -0.25) is 14.4 Å². The zero-order valence-corrected chi connectivity index (χ0v) is 18.9. The number of aliphatic hydroxyl groups excluding tert-OH is 2. The van der Waals surface area contributed by atoms with Crippen molar-refractivity contribution in [3.63, 3.8) is 0 Å². The van der Waals surface area contributed by atoms with E-state index in [9.17, 15) is 29.4 Å². The molecular formula is C20H29O9P. The average molecular weight is 444 g/mol. The van der Waals surface area contributed by atoms with E-state index in [4.69, 9.17) is 14.2 Å². The minimum Gasteiger partial charge on any atom is -0.462 e. The van der Waals surface area contributed by atoms with Crippen molar-refractivity contribution in [2.24, 2.45) is 11.3 Å². The first-order valence-electron chi connectivity index (χ1n) is 9.71. The summed E-state index contributed by atoms with van der Waals surface area (Å²) in [7, 11) is 1.88. The highest BCUT2D eigenvalue weighted by Crippen LogP contribution is 2.44. The van der Waals surface area contributed by atoms with E-state index in [0.717, 1.165) is 0 Å². The first kappa shape index (κ1) is 24.4. The summed E-state index contributed by atoms with van der Waals surface area (Å²) in [5.74, 6) is -5.15. The lowest BCUT2D eigenvalue weighted by Crippen LogP contribution is -2.42. The third-order valence-corrected chi connectivity index (χ3v) is 5.47. The minimum atomic E-state index is -1.52. The maximum atomic E-state index is 13.0. The number of fused-ring (bicyclic) bond motifs is 1. The van der Waals surface area contributed by atoms with Crippen LogP contribution < -0.4 is 0 Å². The molecule has 2 rings (SSSR count).